The van der Waals surface area contributed by atoms with Gasteiger partial charge in [0.2, 0.25) is 0 Å². The van der Waals surface area contributed by atoms with E-state index in [0.717, 1.165) is 0 Å². The van der Waals surface area contributed by atoms with Crippen LogP contribution in [0.5, 0.6) is 0 Å². The molecule has 0 aliphatic heterocycles. The summed E-state index contributed by atoms with van der Waals surface area (Å²) in [6.07, 6.45) is 0.348. The smallest absolute Gasteiger partial charge is 0.173 e. The van der Waals surface area contributed by atoms with E-state index in [0.29, 0.717) is 11.8 Å². The van der Waals surface area contributed by atoms with E-state index in [1.807, 2.05) is 0 Å². The Bertz CT molecular complexity index is 525. The monoisotopic (exact) mass is 230 g/mol. The fourth-order valence-electron chi connectivity index (χ4n) is 1.75. The second-order valence-corrected chi connectivity index (χ2v) is 3.73. The van der Waals surface area contributed by atoms with Gasteiger partial charge in [-0.05, 0) is 11.6 Å². The van der Waals surface area contributed by atoms with Crippen molar-refractivity contribution in [2.75, 3.05) is 0 Å². The Kier molecular flexibility index (Phi) is 3.02. The predicted molar refractivity (Wildman–Crippen MR) is 61.9 cm³/mol. The number of hydrogen-bond donors (Lipinski definition) is 1. The third-order valence-corrected chi connectivity index (χ3v) is 2.67. The van der Waals surface area contributed by atoms with E-state index in [1.54, 1.807) is 36.4 Å². The first-order chi connectivity index (χ1) is 8.18. The summed E-state index contributed by atoms with van der Waals surface area (Å²) in [6, 6.07) is 14.0. The van der Waals surface area contributed by atoms with Gasteiger partial charge in [-0.1, -0.05) is 48.5 Å². The highest BCUT2D eigenvalue weighted by atomic mass is 19.1. The molecule has 17 heavy (non-hydrogen) atoms. The lowest BCUT2D eigenvalue weighted by Gasteiger charge is -2.23. The van der Waals surface area contributed by atoms with E-state index in [-0.39, 0.29) is 5.56 Å². The molecule has 2 rings (SSSR count). The molecule has 2 nitrogen and oxygen atoms in total. The molecule has 0 radical (unpaired) electrons. The molecular formula is C14H11FO2. The molecule has 2 aromatic carbocycles. The van der Waals surface area contributed by atoms with Crippen LogP contribution in [0.4, 0.5) is 4.39 Å². The van der Waals surface area contributed by atoms with Gasteiger partial charge in [-0.15, -0.1) is 0 Å². The summed E-state index contributed by atoms with van der Waals surface area (Å²) in [7, 11) is 0. The first kappa shape index (κ1) is 11.5. The van der Waals surface area contributed by atoms with E-state index >= 15 is 0 Å². The largest absolute Gasteiger partial charge is 0.373 e. The maximum absolute atomic E-state index is 13.6. The van der Waals surface area contributed by atoms with Gasteiger partial charge in [-0.3, -0.25) is 4.79 Å². The van der Waals surface area contributed by atoms with E-state index < -0.39 is 11.4 Å². The zero-order valence-electron chi connectivity index (χ0n) is 9.01. The van der Waals surface area contributed by atoms with Crippen LogP contribution in [0.25, 0.3) is 0 Å². The van der Waals surface area contributed by atoms with Gasteiger partial charge in [0.05, 0.1) is 0 Å². The van der Waals surface area contributed by atoms with E-state index in [2.05, 4.69) is 0 Å². The second kappa shape index (κ2) is 4.47. The summed E-state index contributed by atoms with van der Waals surface area (Å²) >= 11 is 0. The Morgan fingerprint density at radius 2 is 1.59 bits per heavy atom. The zero-order valence-corrected chi connectivity index (χ0v) is 9.01. The molecular weight excluding hydrogens is 219 g/mol. The Balaban J connectivity index is 2.60. The Morgan fingerprint density at radius 1 is 1.00 bits per heavy atom. The Labute approximate surface area is 98.3 Å². The number of aldehydes is 1. The van der Waals surface area contributed by atoms with Crippen LogP contribution in [0.2, 0.25) is 0 Å². The number of carbonyl (C=O) groups excluding carboxylic acids is 1. The predicted octanol–water partition coefficient (Wildman–Crippen LogP) is 2.26. The van der Waals surface area contributed by atoms with E-state index in [4.69, 9.17) is 0 Å². The van der Waals surface area contributed by atoms with Crippen LogP contribution in [0.15, 0.2) is 54.6 Å². The van der Waals surface area contributed by atoms with Crippen LogP contribution in [-0.4, -0.2) is 11.4 Å². The topological polar surface area (TPSA) is 37.3 Å². The maximum atomic E-state index is 13.6. The number of aliphatic hydroxyl groups is 1. The van der Waals surface area contributed by atoms with Crippen molar-refractivity contribution in [3.8, 4) is 0 Å². The number of hydrogen-bond acceptors (Lipinski definition) is 2. The van der Waals surface area contributed by atoms with Crippen molar-refractivity contribution in [3.63, 3.8) is 0 Å². The first-order valence-electron chi connectivity index (χ1n) is 5.18. The van der Waals surface area contributed by atoms with Gasteiger partial charge in [0.1, 0.15) is 5.82 Å². The normalized spacial score (nSPS) is 14.0. The molecule has 0 bridgehead atoms. The molecule has 1 atom stereocenters. The van der Waals surface area contributed by atoms with Gasteiger partial charge >= 0.3 is 0 Å². The van der Waals surface area contributed by atoms with E-state index in [1.165, 1.54) is 18.2 Å². The lowest BCUT2D eigenvalue weighted by Crippen LogP contribution is -2.30. The lowest BCUT2D eigenvalue weighted by molar-refractivity contribution is -0.121. The SMILES string of the molecule is O=CC(O)(c1ccccc1)c1ccccc1F. The highest BCUT2D eigenvalue weighted by Crippen LogP contribution is 2.29. The molecule has 86 valence electrons. The number of benzene rings is 2. The molecule has 3 heteroatoms. The molecule has 0 aliphatic carbocycles. The third kappa shape index (κ3) is 1.97. The highest BCUT2D eigenvalue weighted by Gasteiger charge is 2.33. The average molecular weight is 230 g/mol. The summed E-state index contributed by atoms with van der Waals surface area (Å²) in [5, 5.41) is 10.3. The number of halogens is 1. The quantitative estimate of drug-likeness (QED) is 0.821. The Morgan fingerprint density at radius 3 is 2.18 bits per heavy atom. The Hall–Kier alpha value is -2.00. The second-order valence-electron chi connectivity index (χ2n) is 3.73. The van der Waals surface area contributed by atoms with Gasteiger partial charge in [0.15, 0.2) is 11.9 Å². The molecule has 1 unspecified atom stereocenters. The molecule has 0 amide bonds. The van der Waals surface area contributed by atoms with Gasteiger partial charge in [0, 0.05) is 5.56 Å². The molecule has 0 saturated carbocycles. The zero-order chi connectivity index (χ0) is 12.3. The summed E-state index contributed by atoms with van der Waals surface area (Å²) in [5.41, 5.74) is -1.63. The minimum absolute atomic E-state index is 0.0406. The summed E-state index contributed by atoms with van der Waals surface area (Å²) in [4.78, 5) is 11.2. The fraction of sp³-hybridized carbons (Fsp3) is 0.0714. The molecule has 0 fully saturated rings. The van der Waals surface area contributed by atoms with Crippen LogP contribution in [-0.2, 0) is 10.4 Å². The third-order valence-electron chi connectivity index (χ3n) is 2.67. The van der Waals surface area contributed by atoms with Crippen LogP contribution in [0, 0.1) is 5.82 Å². The minimum atomic E-state index is -1.94. The summed E-state index contributed by atoms with van der Waals surface area (Å²) in [5.74, 6) is -0.606. The fourth-order valence-corrected chi connectivity index (χ4v) is 1.75. The molecule has 0 aromatic heterocycles. The van der Waals surface area contributed by atoms with Gasteiger partial charge in [-0.2, -0.15) is 0 Å². The van der Waals surface area contributed by atoms with Gasteiger partial charge in [0.25, 0.3) is 0 Å². The van der Waals surface area contributed by atoms with Crippen LogP contribution in [0.3, 0.4) is 0 Å². The minimum Gasteiger partial charge on any atom is -0.373 e. The number of rotatable bonds is 3. The van der Waals surface area contributed by atoms with Crippen molar-refractivity contribution >= 4 is 6.29 Å². The molecule has 1 N–H and O–H groups in total. The average Bonchev–Trinajstić information content (AvgIpc) is 2.39. The molecule has 0 spiro atoms. The van der Waals surface area contributed by atoms with Crippen molar-refractivity contribution < 1.29 is 14.3 Å². The first-order valence-corrected chi connectivity index (χ1v) is 5.18. The van der Waals surface area contributed by atoms with Gasteiger partial charge < -0.3 is 5.11 Å². The van der Waals surface area contributed by atoms with Gasteiger partial charge in [-0.25, -0.2) is 4.39 Å². The summed E-state index contributed by atoms with van der Waals surface area (Å²) in [6.45, 7) is 0. The molecule has 2 aromatic rings. The van der Waals surface area contributed by atoms with Crippen molar-refractivity contribution in [1.29, 1.82) is 0 Å². The molecule has 0 saturated heterocycles. The highest BCUT2D eigenvalue weighted by molar-refractivity contribution is 5.72. The maximum Gasteiger partial charge on any atom is 0.173 e. The van der Waals surface area contributed by atoms with Crippen molar-refractivity contribution in [2.45, 2.75) is 5.60 Å². The van der Waals surface area contributed by atoms with Crippen LogP contribution in [0.1, 0.15) is 11.1 Å². The lowest BCUT2D eigenvalue weighted by atomic mass is 9.87. The van der Waals surface area contributed by atoms with E-state index in [9.17, 15) is 14.3 Å². The number of carbonyl (C=O) groups is 1. The molecule has 0 aliphatic rings. The van der Waals surface area contributed by atoms with Crippen LogP contribution >= 0.6 is 0 Å². The van der Waals surface area contributed by atoms with Crippen molar-refractivity contribution in [2.24, 2.45) is 0 Å². The standard InChI is InChI=1S/C14H11FO2/c15-13-9-5-4-8-12(13)14(17,10-16)11-6-2-1-3-7-11/h1-10,17H. The molecule has 0 heterocycles. The van der Waals surface area contributed by atoms with Crippen molar-refractivity contribution in [3.05, 3.63) is 71.5 Å². The van der Waals surface area contributed by atoms with Crippen molar-refractivity contribution in [1.82, 2.24) is 0 Å². The van der Waals surface area contributed by atoms with Crippen LogP contribution < -0.4 is 0 Å². The summed E-state index contributed by atoms with van der Waals surface area (Å²) < 4.78 is 13.6.